The van der Waals surface area contributed by atoms with E-state index in [0.717, 1.165) is 50.2 Å². The van der Waals surface area contributed by atoms with Crippen molar-refractivity contribution in [1.82, 2.24) is 14.4 Å². The Labute approximate surface area is 197 Å². The molecule has 0 spiro atoms. The number of fused-ring (bicyclic) bond motifs is 2. The van der Waals surface area contributed by atoms with Crippen molar-refractivity contribution in [2.24, 2.45) is 5.18 Å². The quantitative estimate of drug-likeness (QED) is 0.259. The number of aromatic nitrogens is 3. The van der Waals surface area contributed by atoms with Gasteiger partial charge in [0.25, 0.3) is 0 Å². The van der Waals surface area contributed by atoms with Crippen molar-refractivity contribution in [1.29, 1.82) is 0 Å². The van der Waals surface area contributed by atoms with Gasteiger partial charge in [0.15, 0.2) is 5.65 Å². The highest BCUT2D eigenvalue weighted by atomic mass is 16.3. The zero-order valence-electron chi connectivity index (χ0n) is 19.2. The van der Waals surface area contributed by atoms with E-state index in [2.05, 4.69) is 50.9 Å². The molecule has 0 amide bonds. The van der Waals surface area contributed by atoms with Gasteiger partial charge < -0.3 is 19.8 Å². The fourth-order valence-corrected chi connectivity index (χ4v) is 4.27. The van der Waals surface area contributed by atoms with E-state index in [1.165, 1.54) is 0 Å². The van der Waals surface area contributed by atoms with Crippen LogP contribution in [0.15, 0.2) is 78.5 Å². The Kier molecular flexibility index (Phi) is 5.63. The van der Waals surface area contributed by atoms with E-state index in [4.69, 9.17) is 0 Å². The van der Waals surface area contributed by atoms with Crippen LogP contribution < -0.4 is 5.32 Å². The van der Waals surface area contributed by atoms with Crippen molar-refractivity contribution in [2.75, 3.05) is 18.5 Å². The Morgan fingerprint density at radius 3 is 2.71 bits per heavy atom. The highest BCUT2D eigenvalue weighted by Crippen LogP contribution is 2.31. The van der Waals surface area contributed by atoms with Crippen molar-refractivity contribution in [3.05, 3.63) is 89.4 Å². The normalized spacial score (nSPS) is 11.9. The molecule has 0 saturated heterocycles. The molecular formula is C27H27N5O2. The van der Waals surface area contributed by atoms with Crippen LogP contribution in [0.1, 0.15) is 25.0 Å². The van der Waals surface area contributed by atoms with Crippen LogP contribution in [0, 0.1) is 4.91 Å². The lowest BCUT2D eigenvalue weighted by molar-refractivity contribution is 0.218. The van der Waals surface area contributed by atoms with Gasteiger partial charge in [-0.1, -0.05) is 43.3 Å². The minimum Gasteiger partial charge on any atom is -0.395 e. The van der Waals surface area contributed by atoms with Gasteiger partial charge in [-0.25, -0.2) is 4.98 Å². The number of aliphatic hydroxyl groups is 1. The molecular weight excluding hydrogens is 426 g/mol. The summed E-state index contributed by atoms with van der Waals surface area (Å²) in [4.78, 5) is 18.4. The van der Waals surface area contributed by atoms with Crippen LogP contribution in [-0.2, 0) is 11.8 Å². The number of rotatable bonds is 8. The standard InChI is InChI=1S/C27H27N5O2/c1-27(2,17-33)21-4-6-22(7-5-21)31-25-14-20(16-32-12-11-28-26(25)32)18-3-8-23-19(9-10-30-34)15-29-24(23)13-18/h3-8,11-16,29,31,33H,9-10,17H2,1-2H3. The minimum absolute atomic E-state index is 0.0944. The molecule has 2 aromatic carbocycles. The van der Waals surface area contributed by atoms with Crippen LogP contribution in [0.4, 0.5) is 11.4 Å². The third-order valence-corrected chi connectivity index (χ3v) is 6.40. The molecule has 5 rings (SSSR count). The van der Waals surface area contributed by atoms with Gasteiger partial charge in [-0.05, 0) is 47.4 Å². The Balaban J connectivity index is 1.49. The van der Waals surface area contributed by atoms with Crippen LogP contribution in [0.5, 0.6) is 0 Å². The molecule has 0 atom stereocenters. The number of anilines is 2. The summed E-state index contributed by atoms with van der Waals surface area (Å²) in [6.45, 7) is 4.42. The molecule has 7 nitrogen and oxygen atoms in total. The Morgan fingerprint density at radius 1 is 1.12 bits per heavy atom. The summed E-state index contributed by atoms with van der Waals surface area (Å²) in [6.07, 6.45) is 8.38. The first-order valence-corrected chi connectivity index (χ1v) is 11.3. The molecule has 0 saturated carbocycles. The minimum atomic E-state index is -0.283. The summed E-state index contributed by atoms with van der Waals surface area (Å²) < 4.78 is 2.01. The molecule has 0 aliphatic rings. The van der Waals surface area contributed by atoms with Crippen LogP contribution >= 0.6 is 0 Å². The third kappa shape index (κ3) is 4.06. The predicted octanol–water partition coefficient (Wildman–Crippen LogP) is 5.81. The largest absolute Gasteiger partial charge is 0.395 e. The number of aliphatic hydroxyl groups excluding tert-OH is 1. The summed E-state index contributed by atoms with van der Waals surface area (Å²) in [5.74, 6) is 0. The first-order chi connectivity index (χ1) is 16.5. The van der Waals surface area contributed by atoms with E-state index in [1.54, 1.807) is 6.20 Å². The average molecular weight is 454 g/mol. The second-order valence-electron chi connectivity index (χ2n) is 9.22. The monoisotopic (exact) mass is 453 g/mol. The van der Waals surface area contributed by atoms with Gasteiger partial charge in [0, 0.05) is 52.4 Å². The van der Waals surface area contributed by atoms with Crippen LogP contribution in [0.25, 0.3) is 27.7 Å². The number of nitrogens with one attached hydrogen (secondary N) is 2. The second kappa shape index (κ2) is 8.76. The maximum Gasteiger partial charge on any atom is 0.160 e. The van der Waals surface area contributed by atoms with E-state index >= 15 is 0 Å². The molecule has 7 heteroatoms. The summed E-state index contributed by atoms with van der Waals surface area (Å²) >= 11 is 0. The molecule has 3 N–H and O–H groups in total. The highest BCUT2D eigenvalue weighted by molar-refractivity contribution is 5.89. The SMILES string of the molecule is CC(C)(CO)c1ccc(Nc2cc(-c3ccc4c(CCN=O)c[nH]c4c3)cn3ccnc23)cc1. The van der Waals surface area contributed by atoms with Crippen molar-refractivity contribution in [2.45, 2.75) is 25.7 Å². The Bertz CT molecular complexity index is 1460. The fraction of sp³-hybridized carbons (Fsp3) is 0.222. The van der Waals surface area contributed by atoms with Gasteiger partial charge >= 0.3 is 0 Å². The number of H-pyrrole nitrogens is 1. The molecule has 0 unspecified atom stereocenters. The van der Waals surface area contributed by atoms with Crippen molar-refractivity contribution in [3.63, 3.8) is 0 Å². The Hall–Kier alpha value is -3.97. The van der Waals surface area contributed by atoms with Crippen LogP contribution in [0.3, 0.4) is 0 Å². The summed E-state index contributed by atoms with van der Waals surface area (Å²) in [6, 6.07) is 16.6. The molecule has 0 fully saturated rings. The van der Waals surface area contributed by atoms with Gasteiger partial charge in [0.1, 0.15) is 0 Å². The van der Waals surface area contributed by atoms with Gasteiger partial charge in [0.05, 0.1) is 18.8 Å². The molecule has 3 aromatic heterocycles. The van der Waals surface area contributed by atoms with Crippen molar-refractivity contribution in [3.8, 4) is 11.1 Å². The number of benzene rings is 2. The highest BCUT2D eigenvalue weighted by Gasteiger charge is 2.19. The number of hydrogen-bond acceptors (Lipinski definition) is 5. The third-order valence-electron chi connectivity index (χ3n) is 6.40. The zero-order valence-corrected chi connectivity index (χ0v) is 19.2. The first kappa shape index (κ1) is 21.9. The maximum atomic E-state index is 10.5. The molecule has 0 aliphatic carbocycles. The van der Waals surface area contributed by atoms with Gasteiger partial charge in [0.2, 0.25) is 0 Å². The fourth-order valence-electron chi connectivity index (χ4n) is 4.27. The molecule has 3 heterocycles. The molecule has 0 radical (unpaired) electrons. The number of nitroso groups, excluding NO2 is 1. The molecule has 0 bridgehead atoms. The molecule has 5 aromatic rings. The number of aromatic amines is 1. The van der Waals surface area contributed by atoms with Gasteiger partial charge in [-0.3, -0.25) is 0 Å². The maximum absolute atomic E-state index is 10.5. The molecule has 172 valence electrons. The van der Waals surface area contributed by atoms with Gasteiger partial charge in [-0.2, -0.15) is 4.91 Å². The van der Waals surface area contributed by atoms with Crippen LogP contribution in [0.2, 0.25) is 0 Å². The summed E-state index contributed by atoms with van der Waals surface area (Å²) in [5.41, 5.74) is 7.76. The number of pyridine rings is 1. The second-order valence-corrected chi connectivity index (χ2v) is 9.22. The number of nitrogens with zero attached hydrogens (tertiary/aromatic N) is 3. The van der Waals surface area contributed by atoms with Gasteiger partial charge in [-0.15, -0.1) is 0 Å². The predicted molar refractivity (Wildman–Crippen MR) is 137 cm³/mol. The van der Waals surface area contributed by atoms with E-state index in [0.29, 0.717) is 6.42 Å². The van der Waals surface area contributed by atoms with E-state index < -0.39 is 0 Å². The van der Waals surface area contributed by atoms with Crippen molar-refractivity contribution < 1.29 is 5.11 Å². The molecule has 34 heavy (non-hydrogen) atoms. The lowest BCUT2D eigenvalue weighted by atomic mass is 9.85. The number of hydrogen-bond donors (Lipinski definition) is 3. The number of imidazole rings is 1. The summed E-state index contributed by atoms with van der Waals surface area (Å²) in [7, 11) is 0. The van der Waals surface area contributed by atoms with Crippen molar-refractivity contribution >= 4 is 27.9 Å². The van der Waals surface area contributed by atoms with E-state index in [9.17, 15) is 10.0 Å². The van der Waals surface area contributed by atoms with E-state index in [1.807, 2.05) is 54.9 Å². The first-order valence-electron chi connectivity index (χ1n) is 11.3. The van der Waals surface area contributed by atoms with E-state index in [-0.39, 0.29) is 18.6 Å². The lowest BCUT2D eigenvalue weighted by Gasteiger charge is -2.22. The summed E-state index contributed by atoms with van der Waals surface area (Å²) in [5, 5.41) is 17.2. The Morgan fingerprint density at radius 2 is 1.94 bits per heavy atom. The lowest BCUT2D eigenvalue weighted by Crippen LogP contribution is -2.21. The zero-order chi connectivity index (χ0) is 23.7. The topological polar surface area (TPSA) is 94.8 Å². The average Bonchev–Trinajstić information content (AvgIpc) is 3.49. The van der Waals surface area contributed by atoms with Crippen LogP contribution in [-0.4, -0.2) is 32.6 Å². The smallest absolute Gasteiger partial charge is 0.160 e. The molecule has 0 aliphatic heterocycles.